The zero-order valence-corrected chi connectivity index (χ0v) is 8.32. The number of unbranched alkanes of at least 4 members (excludes halogenated alkanes) is 2. The quantitative estimate of drug-likeness (QED) is 0.299. The van der Waals surface area contributed by atoms with E-state index < -0.39 is 22.3 Å². The maximum Gasteiger partial charge on any atom is 1.00 e. The predicted octanol–water partition coefficient (Wildman–Crippen LogP) is -1.64. The summed E-state index contributed by atoms with van der Waals surface area (Å²) in [6, 6.07) is 0. The van der Waals surface area contributed by atoms with Crippen LogP contribution < -0.4 is 18.9 Å². The fourth-order valence-electron chi connectivity index (χ4n) is 0.754. The van der Waals surface area contributed by atoms with E-state index in [-0.39, 0.29) is 38.1 Å². The minimum Gasteiger partial charge on any atom is -0.748 e. The van der Waals surface area contributed by atoms with Gasteiger partial charge in [-0.15, -0.1) is 0 Å². The first-order valence-electron chi connectivity index (χ1n) is 3.63. The van der Waals surface area contributed by atoms with Gasteiger partial charge in [-0.2, -0.15) is 0 Å². The summed E-state index contributed by atoms with van der Waals surface area (Å²) in [5.74, 6) is -0.448. The monoisotopic (exact) mass is 208 g/mol. The van der Waals surface area contributed by atoms with Crippen molar-refractivity contribution in [2.24, 2.45) is 0 Å². The molecule has 13 heavy (non-hydrogen) atoms. The summed E-state index contributed by atoms with van der Waals surface area (Å²) in [7, 11) is -4.16. The molecule has 0 saturated heterocycles. The van der Waals surface area contributed by atoms with E-state index >= 15 is 0 Å². The maximum atomic E-state index is 11.5. The second-order valence-electron chi connectivity index (χ2n) is 2.50. The summed E-state index contributed by atoms with van der Waals surface area (Å²) in [5, 5.41) is 0. The Balaban J connectivity index is 0. The molecular weight excluding hydrogens is 197 g/mol. The van der Waals surface area contributed by atoms with Crippen molar-refractivity contribution in [2.75, 3.05) is 5.75 Å². The van der Waals surface area contributed by atoms with Gasteiger partial charge in [0, 0.05) is 12.2 Å². The minimum atomic E-state index is -4.16. The zero-order valence-electron chi connectivity index (χ0n) is 7.50. The summed E-state index contributed by atoms with van der Waals surface area (Å²) >= 11 is 0. The van der Waals surface area contributed by atoms with Crippen molar-refractivity contribution in [1.82, 2.24) is 0 Å². The molecule has 0 heterocycles. The van der Waals surface area contributed by atoms with Gasteiger partial charge in [-0.3, -0.25) is 0 Å². The third-order valence-electron chi connectivity index (χ3n) is 1.32. The first-order chi connectivity index (χ1) is 5.42. The number of hydrogen-bond acceptors (Lipinski definition) is 3. The molecule has 3 nitrogen and oxygen atoms in total. The number of halogens is 2. The van der Waals surface area contributed by atoms with E-state index in [0.29, 0.717) is 6.42 Å². The van der Waals surface area contributed by atoms with Gasteiger partial charge in [-0.25, -0.2) is 17.2 Å². The number of rotatable bonds is 6. The van der Waals surface area contributed by atoms with Crippen LogP contribution in [-0.2, 0) is 10.1 Å². The largest absolute Gasteiger partial charge is 1.00 e. The summed E-state index contributed by atoms with van der Waals surface area (Å²) in [6.07, 6.45) is -1.75. The second-order valence-corrected chi connectivity index (χ2v) is 4.03. The van der Waals surface area contributed by atoms with Gasteiger partial charge in [0.2, 0.25) is 6.43 Å². The Kier molecular flexibility index (Phi) is 9.42. The van der Waals surface area contributed by atoms with Crippen LogP contribution in [0.3, 0.4) is 0 Å². The Morgan fingerprint density at radius 2 is 1.69 bits per heavy atom. The maximum absolute atomic E-state index is 11.5. The van der Waals surface area contributed by atoms with Crippen molar-refractivity contribution >= 4 is 10.1 Å². The molecule has 0 aromatic carbocycles. The van der Waals surface area contributed by atoms with Crippen LogP contribution in [0, 0.1) is 0 Å². The van der Waals surface area contributed by atoms with Gasteiger partial charge in [-0.05, 0) is 12.8 Å². The molecule has 0 spiro atoms. The van der Waals surface area contributed by atoms with Gasteiger partial charge in [0.1, 0.15) is 0 Å². The molecular formula is C6H11F2LiO3S. The van der Waals surface area contributed by atoms with Crippen LogP contribution in [0.25, 0.3) is 0 Å². The summed E-state index contributed by atoms with van der Waals surface area (Å²) < 4.78 is 53.1. The first-order valence-corrected chi connectivity index (χ1v) is 5.21. The van der Waals surface area contributed by atoms with Gasteiger partial charge in [-0.1, -0.05) is 6.42 Å². The molecule has 0 unspecified atom stereocenters. The molecule has 0 N–H and O–H groups in total. The molecule has 0 atom stereocenters. The van der Waals surface area contributed by atoms with Crippen molar-refractivity contribution in [2.45, 2.75) is 32.1 Å². The summed E-state index contributed by atoms with van der Waals surface area (Å²) in [4.78, 5) is 0. The van der Waals surface area contributed by atoms with E-state index in [1.165, 1.54) is 0 Å². The summed E-state index contributed by atoms with van der Waals surface area (Å²) in [6.45, 7) is 0. The molecule has 0 bridgehead atoms. The van der Waals surface area contributed by atoms with E-state index in [1.807, 2.05) is 0 Å². The molecule has 7 heteroatoms. The average molecular weight is 208 g/mol. The van der Waals surface area contributed by atoms with Crippen LogP contribution >= 0.6 is 0 Å². The van der Waals surface area contributed by atoms with E-state index in [9.17, 15) is 21.8 Å². The Hall–Kier alpha value is 0.367. The topological polar surface area (TPSA) is 57.2 Å². The minimum absolute atomic E-state index is 0. The fraction of sp³-hybridized carbons (Fsp3) is 1.00. The normalized spacial score (nSPS) is 11.4. The smallest absolute Gasteiger partial charge is 0.748 e. The van der Waals surface area contributed by atoms with Crippen molar-refractivity contribution in [3.05, 3.63) is 0 Å². The number of hydrogen-bond donors (Lipinski definition) is 0. The molecule has 0 rings (SSSR count). The predicted molar refractivity (Wildman–Crippen MR) is 39.0 cm³/mol. The third-order valence-corrected chi connectivity index (χ3v) is 2.11. The molecule has 0 aromatic rings. The van der Waals surface area contributed by atoms with E-state index in [4.69, 9.17) is 0 Å². The number of alkyl halides is 2. The van der Waals surface area contributed by atoms with E-state index in [0.717, 1.165) is 0 Å². The van der Waals surface area contributed by atoms with Gasteiger partial charge in [0.15, 0.2) is 0 Å². The van der Waals surface area contributed by atoms with Crippen LogP contribution in [-0.4, -0.2) is 25.1 Å². The van der Waals surface area contributed by atoms with Gasteiger partial charge >= 0.3 is 18.9 Å². The molecule has 0 aliphatic heterocycles. The van der Waals surface area contributed by atoms with Crippen molar-refractivity contribution in [3.8, 4) is 0 Å². The summed E-state index contributed by atoms with van der Waals surface area (Å²) in [5.41, 5.74) is 0. The molecule has 0 aliphatic carbocycles. The first kappa shape index (κ1) is 15.8. The SMILES string of the molecule is O=S(=O)([O-])CCCCCC(F)F.[Li+]. The molecule has 74 valence electrons. The Morgan fingerprint density at radius 1 is 1.15 bits per heavy atom. The van der Waals surface area contributed by atoms with Crippen molar-refractivity contribution < 1.29 is 40.6 Å². The Bertz CT molecular complexity index is 206. The Labute approximate surface area is 88.8 Å². The van der Waals surface area contributed by atoms with Crippen LogP contribution in [0.5, 0.6) is 0 Å². The Morgan fingerprint density at radius 3 is 2.08 bits per heavy atom. The molecule has 0 aromatic heterocycles. The van der Waals surface area contributed by atoms with Crippen LogP contribution in [0.15, 0.2) is 0 Å². The standard InChI is InChI=1S/C6H12F2O3S.Li/c7-6(8)4-2-1-3-5-12(9,10)11;/h6H,1-5H2,(H,9,10,11);/q;+1/p-1. The molecule has 0 radical (unpaired) electrons. The van der Waals surface area contributed by atoms with Gasteiger partial charge in [0.25, 0.3) is 0 Å². The zero-order chi connectivity index (χ0) is 9.61. The molecule has 0 fully saturated rings. The second kappa shape index (κ2) is 7.74. The molecule has 0 saturated carbocycles. The van der Waals surface area contributed by atoms with Gasteiger partial charge in [0.05, 0.1) is 10.1 Å². The van der Waals surface area contributed by atoms with Crippen molar-refractivity contribution in [1.29, 1.82) is 0 Å². The molecule has 0 aliphatic rings. The van der Waals surface area contributed by atoms with Crippen molar-refractivity contribution in [3.63, 3.8) is 0 Å². The van der Waals surface area contributed by atoms with Crippen LogP contribution in [0.1, 0.15) is 25.7 Å². The van der Waals surface area contributed by atoms with Gasteiger partial charge < -0.3 is 4.55 Å². The fourth-order valence-corrected chi connectivity index (χ4v) is 1.31. The third kappa shape index (κ3) is 15.1. The van der Waals surface area contributed by atoms with E-state index in [1.54, 1.807) is 0 Å². The molecule has 0 amide bonds. The van der Waals surface area contributed by atoms with Crippen LogP contribution in [0.2, 0.25) is 0 Å². The van der Waals surface area contributed by atoms with E-state index in [2.05, 4.69) is 0 Å². The average Bonchev–Trinajstić information content (AvgIpc) is 1.83. The van der Waals surface area contributed by atoms with Crippen LogP contribution in [0.4, 0.5) is 8.78 Å².